The van der Waals surface area contributed by atoms with E-state index < -0.39 is 0 Å². The summed E-state index contributed by atoms with van der Waals surface area (Å²) in [6.45, 7) is 12.9. The molecule has 8 heteroatoms. The van der Waals surface area contributed by atoms with Crippen molar-refractivity contribution in [3.8, 4) is 33.9 Å². The maximum atomic E-state index is 7.81. The number of rotatable bonds is 14. The summed E-state index contributed by atoms with van der Waals surface area (Å²) in [7, 11) is 0. The van der Waals surface area contributed by atoms with Crippen LogP contribution in [0, 0.1) is 0 Å². The van der Waals surface area contributed by atoms with Crippen LogP contribution in [-0.2, 0) is 12.8 Å². The van der Waals surface area contributed by atoms with Gasteiger partial charge >= 0.3 is 0 Å². The summed E-state index contributed by atoms with van der Waals surface area (Å²) in [5.41, 5.74) is 27.5. The molecule has 410 valence electrons. The number of imidazole rings is 1. The van der Waals surface area contributed by atoms with Gasteiger partial charge < -0.3 is 5.73 Å². The molecule has 12 aromatic rings. The van der Waals surface area contributed by atoms with Crippen molar-refractivity contribution >= 4 is 75.1 Å². The van der Waals surface area contributed by atoms with Crippen LogP contribution >= 0.6 is 0 Å². The summed E-state index contributed by atoms with van der Waals surface area (Å²) in [6, 6.07) is 93.1. The molecule has 1 aliphatic heterocycles. The lowest BCUT2D eigenvalue weighted by Gasteiger charge is -2.35. The summed E-state index contributed by atoms with van der Waals surface area (Å²) in [5, 5.41) is 0.933. The Morgan fingerprint density at radius 1 is 0.541 bits per heavy atom. The molecule has 1 aliphatic rings. The fourth-order valence-electron chi connectivity index (χ4n) is 11.2. The second-order valence-electron chi connectivity index (χ2n) is 20.7. The zero-order valence-electron chi connectivity index (χ0n) is 47.6. The lowest BCUT2D eigenvalue weighted by atomic mass is 9.93. The number of benzene rings is 10. The summed E-state index contributed by atoms with van der Waals surface area (Å²) in [5.74, 6) is 1.49. The smallest absolute Gasteiger partial charge is 0.149 e. The van der Waals surface area contributed by atoms with Crippen LogP contribution in [0.15, 0.2) is 295 Å². The minimum atomic E-state index is 0.506. The largest absolute Gasteiger partial charge is 0.397 e. The molecule has 2 N–H and O–H groups in total. The third kappa shape index (κ3) is 11.3. The van der Waals surface area contributed by atoms with Crippen LogP contribution in [0.4, 0.5) is 11.4 Å². The molecule has 0 saturated heterocycles. The molecule has 10 aromatic carbocycles. The Labute approximate surface area is 497 Å². The zero-order chi connectivity index (χ0) is 58.1. The average Bonchev–Trinajstić information content (AvgIpc) is 3.46. The Morgan fingerprint density at radius 2 is 1.11 bits per heavy atom. The molecule has 8 nitrogen and oxygen atoms in total. The molecule has 0 bridgehead atoms. The molecule has 0 amide bonds. The van der Waals surface area contributed by atoms with Gasteiger partial charge in [0.1, 0.15) is 17.3 Å². The summed E-state index contributed by atoms with van der Waals surface area (Å²) < 4.78 is 2.21. The second kappa shape index (κ2) is 25.0. The first-order valence-electron chi connectivity index (χ1n) is 28.6. The molecule has 85 heavy (non-hydrogen) atoms. The maximum absolute atomic E-state index is 7.81. The number of aryl methyl sites for hydroxylation is 2. The predicted molar refractivity (Wildman–Crippen MR) is 357 cm³/mol. The quantitative estimate of drug-likeness (QED) is 0.0867. The molecule has 0 saturated carbocycles. The number of amidine groups is 1. The van der Waals surface area contributed by atoms with E-state index in [4.69, 9.17) is 32.3 Å². The van der Waals surface area contributed by atoms with Crippen molar-refractivity contribution in [2.45, 2.75) is 26.7 Å². The molecule has 0 radical (unpaired) electrons. The maximum Gasteiger partial charge on any atom is 0.149 e. The Kier molecular flexibility index (Phi) is 16.0. The number of nitrogens with zero attached hydrogens (tertiary/aromatic N) is 7. The Hall–Kier alpha value is -11.1. The van der Waals surface area contributed by atoms with Crippen molar-refractivity contribution in [3.05, 3.63) is 324 Å². The molecule has 2 aromatic heterocycles. The van der Waals surface area contributed by atoms with Gasteiger partial charge in [0.05, 0.1) is 45.4 Å². The first-order chi connectivity index (χ1) is 41.9. The first-order valence-corrected chi connectivity index (χ1v) is 28.6. The summed E-state index contributed by atoms with van der Waals surface area (Å²) in [6.07, 6.45) is 3.95. The van der Waals surface area contributed by atoms with E-state index >= 15 is 0 Å². The fraction of sp³-hybridized carbons (Fsp3) is 0.0519. The molecule has 0 aliphatic carbocycles. The lowest BCUT2D eigenvalue weighted by Crippen LogP contribution is -2.32. The van der Waals surface area contributed by atoms with Crippen LogP contribution < -0.4 is 5.73 Å². The molecule has 0 spiro atoms. The number of allylic oxidation sites excluding steroid dienone is 1. The van der Waals surface area contributed by atoms with E-state index in [2.05, 4.69) is 180 Å². The molecule has 13 rings (SSSR count). The van der Waals surface area contributed by atoms with Gasteiger partial charge in [-0.3, -0.25) is 19.3 Å². The highest BCUT2D eigenvalue weighted by molar-refractivity contribution is 6.15. The summed E-state index contributed by atoms with van der Waals surface area (Å²) >= 11 is 0. The van der Waals surface area contributed by atoms with E-state index in [9.17, 15) is 0 Å². The van der Waals surface area contributed by atoms with Gasteiger partial charge in [0.2, 0.25) is 0 Å². The molecular weight excluding hydrogens is 1040 g/mol. The normalized spacial score (nSPS) is 12.7. The standard InChI is InChI=1S/C61H45N7.C16H17N/c1-40(42-23-9-4-10-24-42)55(63-3)48-37-47(54(62)57(43-25-11-5-12-26-43)67-41(2)50-33-19-21-35-52(50)64-59(67)45-29-15-7-16-30-45)38-49(39-48)56-58(44-27-13-6-14-28-44)68-60(46-31-17-8-18-32-46)65-53-36-22-20-34-51(53)61(68)66-56;1-2-17-16-11-7-6-10-15(16)13-12-14-8-4-3-5-9-14/h4-39H,2-3,62H2,1H3;2-11H,12-13H2,1H3/b55-40+,57-54-;. The van der Waals surface area contributed by atoms with Gasteiger partial charge in [0, 0.05) is 61.8 Å². The van der Waals surface area contributed by atoms with Crippen molar-refractivity contribution < 1.29 is 0 Å². The third-order valence-corrected chi connectivity index (χ3v) is 15.3. The number of fused-ring (bicyclic) bond motifs is 4. The fourth-order valence-corrected chi connectivity index (χ4v) is 11.2. The van der Waals surface area contributed by atoms with Crippen LogP contribution in [0.1, 0.15) is 58.4 Å². The number of hydrogen-bond donors (Lipinski definition) is 1. The predicted octanol–water partition coefficient (Wildman–Crippen LogP) is 18.5. The van der Waals surface area contributed by atoms with Crippen LogP contribution in [0.3, 0.4) is 0 Å². The molecule has 0 fully saturated rings. The van der Waals surface area contributed by atoms with Crippen molar-refractivity contribution in [1.29, 1.82) is 0 Å². The molecule has 3 heterocycles. The molecule has 0 atom stereocenters. The molecule has 0 unspecified atom stereocenters. The summed E-state index contributed by atoms with van der Waals surface area (Å²) in [4.78, 5) is 27.6. The van der Waals surface area contributed by atoms with Gasteiger partial charge in [0.25, 0.3) is 0 Å². The highest BCUT2D eigenvalue weighted by Crippen LogP contribution is 2.44. The van der Waals surface area contributed by atoms with Crippen molar-refractivity contribution in [1.82, 2.24) is 19.3 Å². The number of para-hydroxylation sites is 3. The van der Waals surface area contributed by atoms with Crippen LogP contribution in [0.2, 0.25) is 0 Å². The number of hydrogen-bond acceptors (Lipinski definition) is 7. The van der Waals surface area contributed by atoms with Crippen LogP contribution in [-0.4, -0.2) is 38.0 Å². The Balaban J connectivity index is 0.000000358. The Bertz CT molecular complexity index is 4510. The topological polar surface area (TPSA) is 96.5 Å². The van der Waals surface area contributed by atoms with Crippen LogP contribution in [0.5, 0.6) is 0 Å². The van der Waals surface area contributed by atoms with E-state index in [1.54, 1.807) is 0 Å². The number of aliphatic imine (C=N–C) groups is 3. The van der Waals surface area contributed by atoms with E-state index in [0.717, 1.165) is 131 Å². The van der Waals surface area contributed by atoms with Gasteiger partial charge in [-0.2, -0.15) is 0 Å². The highest BCUT2D eigenvalue weighted by Gasteiger charge is 2.31. The van der Waals surface area contributed by atoms with E-state index in [-0.39, 0.29) is 0 Å². The van der Waals surface area contributed by atoms with Gasteiger partial charge in [-0.1, -0.05) is 237 Å². The van der Waals surface area contributed by atoms with Crippen molar-refractivity contribution in [3.63, 3.8) is 0 Å². The van der Waals surface area contributed by atoms with Gasteiger partial charge in [-0.05, 0) is 98.1 Å². The van der Waals surface area contributed by atoms with E-state index in [1.165, 1.54) is 11.1 Å². The average molecular weight is 1100 g/mol. The molecular formula is C77H62N8. The number of aromatic nitrogens is 3. The SMILES string of the molecule is C=N/C(=C(\C)c1ccccc1)c1cc(/C(N)=C(\c2ccccc2)N2C(=C)c3ccccc3N=C2c2ccccc2)cc(-c2nc3c4ccccc4nc(-c4ccccc4)n3c2-c2ccccc2)c1.CC=Nc1ccccc1CCc1ccccc1. The van der Waals surface area contributed by atoms with Gasteiger partial charge in [-0.15, -0.1) is 0 Å². The Morgan fingerprint density at radius 3 is 1.79 bits per heavy atom. The van der Waals surface area contributed by atoms with Gasteiger partial charge in [0.15, 0.2) is 0 Å². The number of nitrogens with two attached hydrogens (primary N) is 1. The lowest BCUT2D eigenvalue weighted by molar-refractivity contribution is 0.812. The van der Waals surface area contributed by atoms with E-state index in [1.807, 2.05) is 134 Å². The second-order valence-corrected chi connectivity index (χ2v) is 20.7. The zero-order valence-corrected chi connectivity index (χ0v) is 47.6. The first kappa shape index (κ1) is 54.5. The van der Waals surface area contributed by atoms with Crippen molar-refractivity contribution in [2.75, 3.05) is 0 Å². The third-order valence-electron chi connectivity index (χ3n) is 15.3. The van der Waals surface area contributed by atoms with E-state index in [0.29, 0.717) is 11.5 Å². The van der Waals surface area contributed by atoms with Crippen LogP contribution in [0.25, 0.3) is 78.8 Å². The minimum absolute atomic E-state index is 0.506. The van der Waals surface area contributed by atoms with Gasteiger partial charge in [-0.25, -0.2) is 15.0 Å². The minimum Gasteiger partial charge on any atom is -0.397 e. The monoisotopic (exact) mass is 1100 g/mol. The van der Waals surface area contributed by atoms with Crippen molar-refractivity contribution in [2.24, 2.45) is 20.7 Å². The highest BCUT2D eigenvalue weighted by atomic mass is 15.2.